The van der Waals surface area contributed by atoms with Gasteiger partial charge >= 0.3 is 0 Å². The summed E-state index contributed by atoms with van der Waals surface area (Å²) >= 11 is 0. The largest absolute Gasteiger partial charge is 0.478 e. The molecule has 112 valence electrons. The Hall–Kier alpha value is -2.30. The van der Waals surface area contributed by atoms with Gasteiger partial charge in [-0.1, -0.05) is 19.1 Å². The summed E-state index contributed by atoms with van der Waals surface area (Å²) in [5.74, 6) is 1.43. The minimum Gasteiger partial charge on any atom is -0.478 e. The van der Waals surface area contributed by atoms with Crippen LogP contribution in [0.5, 0.6) is 5.88 Å². The minimum absolute atomic E-state index is 0.155. The monoisotopic (exact) mass is 286 g/mol. The first-order valence-corrected chi connectivity index (χ1v) is 7.15. The molecule has 5 nitrogen and oxygen atoms in total. The summed E-state index contributed by atoms with van der Waals surface area (Å²) in [4.78, 5) is 10.5. The Morgan fingerprint density at radius 2 is 2.10 bits per heavy atom. The number of ether oxygens (including phenoxy) is 1. The zero-order chi connectivity index (χ0) is 15.2. The van der Waals surface area contributed by atoms with Crippen LogP contribution < -0.4 is 15.4 Å². The third kappa shape index (κ3) is 3.84. The van der Waals surface area contributed by atoms with Crippen LogP contribution in [-0.4, -0.2) is 23.6 Å². The second-order valence-corrected chi connectivity index (χ2v) is 5.02. The summed E-state index contributed by atoms with van der Waals surface area (Å²) in [6.07, 6.45) is 2.48. The topological polar surface area (TPSA) is 64.3 Å². The Morgan fingerprint density at radius 1 is 1.29 bits per heavy atom. The maximum atomic E-state index is 5.85. The lowest BCUT2D eigenvalue weighted by Crippen LogP contribution is -2.22. The lowest BCUT2D eigenvalue weighted by molar-refractivity contribution is 0.304. The predicted octanol–water partition coefficient (Wildman–Crippen LogP) is 3.05. The Balaban J connectivity index is 2.17. The summed E-state index contributed by atoms with van der Waals surface area (Å²) in [7, 11) is 2.00. The van der Waals surface area contributed by atoms with Gasteiger partial charge in [-0.3, -0.25) is 0 Å². The van der Waals surface area contributed by atoms with Crippen molar-refractivity contribution in [3.05, 3.63) is 42.2 Å². The molecule has 0 aliphatic carbocycles. The standard InChI is InChI=1S/C16H22N4O/c1-4-8-21-16-10-15(18-11-19-16)20(3)12(2)13-6-5-7-14(17)9-13/h5-7,9-12H,4,8,17H2,1-3H3. The van der Waals surface area contributed by atoms with Crippen molar-refractivity contribution in [3.8, 4) is 5.88 Å². The summed E-state index contributed by atoms with van der Waals surface area (Å²) in [6.45, 7) is 4.84. The van der Waals surface area contributed by atoms with Gasteiger partial charge in [-0.25, -0.2) is 9.97 Å². The molecule has 0 saturated heterocycles. The third-order valence-electron chi connectivity index (χ3n) is 3.42. The van der Waals surface area contributed by atoms with Crippen LogP contribution in [0.15, 0.2) is 36.7 Å². The molecular formula is C16H22N4O. The highest BCUT2D eigenvalue weighted by Crippen LogP contribution is 2.26. The molecule has 0 fully saturated rings. The lowest BCUT2D eigenvalue weighted by Gasteiger charge is -2.26. The van der Waals surface area contributed by atoms with Crippen molar-refractivity contribution < 1.29 is 4.74 Å². The van der Waals surface area contributed by atoms with E-state index in [1.165, 1.54) is 6.33 Å². The molecule has 2 aromatic rings. The van der Waals surface area contributed by atoms with Gasteiger partial charge in [0, 0.05) is 18.8 Å². The van der Waals surface area contributed by atoms with Crippen LogP contribution in [0, 0.1) is 0 Å². The Morgan fingerprint density at radius 3 is 2.81 bits per heavy atom. The van der Waals surface area contributed by atoms with E-state index < -0.39 is 0 Å². The molecule has 0 radical (unpaired) electrons. The second kappa shape index (κ2) is 6.92. The highest BCUT2D eigenvalue weighted by Gasteiger charge is 2.14. The van der Waals surface area contributed by atoms with Gasteiger partial charge in [0.05, 0.1) is 12.6 Å². The van der Waals surface area contributed by atoms with Gasteiger partial charge in [-0.2, -0.15) is 0 Å². The summed E-state index contributed by atoms with van der Waals surface area (Å²) < 4.78 is 5.55. The van der Waals surface area contributed by atoms with E-state index in [9.17, 15) is 0 Å². The molecular weight excluding hydrogens is 264 g/mol. The van der Waals surface area contributed by atoms with Crippen LogP contribution in [0.3, 0.4) is 0 Å². The van der Waals surface area contributed by atoms with Crippen molar-refractivity contribution in [2.45, 2.75) is 26.3 Å². The number of nitrogens with zero attached hydrogens (tertiary/aromatic N) is 3. The van der Waals surface area contributed by atoms with Crippen LogP contribution >= 0.6 is 0 Å². The first-order chi connectivity index (χ1) is 10.1. The van der Waals surface area contributed by atoms with Gasteiger partial charge in [0.15, 0.2) is 0 Å². The fourth-order valence-electron chi connectivity index (χ4n) is 2.05. The Kier molecular flexibility index (Phi) is 4.98. The van der Waals surface area contributed by atoms with E-state index in [0.29, 0.717) is 12.5 Å². The van der Waals surface area contributed by atoms with Crippen LogP contribution in [0.1, 0.15) is 31.9 Å². The molecule has 1 unspecified atom stereocenters. The number of hydrogen-bond acceptors (Lipinski definition) is 5. The average Bonchev–Trinajstić information content (AvgIpc) is 2.51. The van der Waals surface area contributed by atoms with Crippen LogP contribution in [-0.2, 0) is 0 Å². The van der Waals surface area contributed by atoms with E-state index in [4.69, 9.17) is 10.5 Å². The van der Waals surface area contributed by atoms with Crippen LogP contribution in [0.25, 0.3) is 0 Å². The van der Waals surface area contributed by atoms with Gasteiger partial charge < -0.3 is 15.4 Å². The average molecular weight is 286 g/mol. The van der Waals surface area contributed by atoms with E-state index in [-0.39, 0.29) is 6.04 Å². The fraction of sp³-hybridized carbons (Fsp3) is 0.375. The molecule has 2 rings (SSSR count). The predicted molar refractivity (Wildman–Crippen MR) is 85.5 cm³/mol. The SMILES string of the molecule is CCCOc1cc(N(C)C(C)c2cccc(N)c2)ncn1. The number of hydrogen-bond donors (Lipinski definition) is 1. The van der Waals surface area contributed by atoms with Crippen molar-refractivity contribution in [2.75, 3.05) is 24.3 Å². The Labute approximate surface area is 125 Å². The summed E-state index contributed by atoms with van der Waals surface area (Å²) in [5.41, 5.74) is 7.76. The molecule has 0 amide bonds. The molecule has 2 N–H and O–H groups in total. The normalized spacial score (nSPS) is 12.0. The highest BCUT2D eigenvalue weighted by atomic mass is 16.5. The number of rotatable bonds is 6. The fourth-order valence-corrected chi connectivity index (χ4v) is 2.05. The molecule has 1 heterocycles. The van der Waals surface area contributed by atoms with Gasteiger partial charge in [-0.15, -0.1) is 0 Å². The third-order valence-corrected chi connectivity index (χ3v) is 3.42. The van der Waals surface area contributed by atoms with Gasteiger partial charge in [0.1, 0.15) is 12.1 Å². The molecule has 0 bridgehead atoms. The molecule has 0 aliphatic rings. The first-order valence-electron chi connectivity index (χ1n) is 7.15. The smallest absolute Gasteiger partial charge is 0.218 e. The molecule has 1 atom stereocenters. The molecule has 1 aromatic carbocycles. The number of benzene rings is 1. The van der Waals surface area contributed by atoms with Gasteiger partial charge in [-0.05, 0) is 31.0 Å². The van der Waals surface area contributed by atoms with Crippen LogP contribution in [0.4, 0.5) is 11.5 Å². The number of nitrogen functional groups attached to an aromatic ring is 1. The van der Waals surface area contributed by atoms with Crippen molar-refractivity contribution in [2.24, 2.45) is 0 Å². The van der Waals surface area contributed by atoms with Gasteiger partial charge in [0.25, 0.3) is 0 Å². The zero-order valence-electron chi connectivity index (χ0n) is 12.8. The quantitative estimate of drug-likeness (QED) is 0.827. The molecule has 21 heavy (non-hydrogen) atoms. The van der Waals surface area contributed by atoms with E-state index in [2.05, 4.69) is 34.8 Å². The second-order valence-electron chi connectivity index (χ2n) is 5.02. The Bertz CT molecular complexity index is 588. The maximum absolute atomic E-state index is 5.85. The minimum atomic E-state index is 0.155. The lowest BCUT2D eigenvalue weighted by atomic mass is 10.1. The van der Waals surface area contributed by atoms with Crippen molar-refractivity contribution in [1.82, 2.24) is 9.97 Å². The molecule has 5 heteroatoms. The van der Waals surface area contributed by atoms with E-state index in [0.717, 1.165) is 23.5 Å². The maximum Gasteiger partial charge on any atom is 0.218 e. The van der Waals surface area contributed by atoms with Crippen LogP contribution in [0.2, 0.25) is 0 Å². The first kappa shape index (κ1) is 15.1. The molecule has 0 aliphatic heterocycles. The number of aromatic nitrogens is 2. The number of anilines is 2. The number of nitrogens with two attached hydrogens (primary N) is 1. The zero-order valence-corrected chi connectivity index (χ0v) is 12.8. The van der Waals surface area contributed by atoms with E-state index in [1.807, 2.05) is 31.3 Å². The molecule has 0 spiro atoms. The highest BCUT2D eigenvalue weighted by molar-refractivity contribution is 5.47. The molecule has 0 saturated carbocycles. The van der Waals surface area contributed by atoms with Crippen molar-refractivity contribution in [3.63, 3.8) is 0 Å². The van der Waals surface area contributed by atoms with Gasteiger partial charge in [0.2, 0.25) is 5.88 Å². The summed E-state index contributed by atoms with van der Waals surface area (Å²) in [5, 5.41) is 0. The van der Waals surface area contributed by atoms with Crippen molar-refractivity contribution in [1.29, 1.82) is 0 Å². The summed E-state index contributed by atoms with van der Waals surface area (Å²) in [6, 6.07) is 9.91. The molecule has 1 aromatic heterocycles. The van der Waals surface area contributed by atoms with E-state index >= 15 is 0 Å². The van der Waals surface area contributed by atoms with E-state index in [1.54, 1.807) is 0 Å². The van der Waals surface area contributed by atoms with Crippen molar-refractivity contribution >= 4 is 11.5 Å².